The molecule has 1 aromatic carbocycles. The Kier molecular flexibility index (Phi) is 4.20. The SMILES string of the molecule is COc1ccccc1C1CC(N[C@@H](C)c2ccccn2)C1. The van der Waals surface area contributed by atoms with Crippen LogP contribution >= 0.6 is 0 Å². The second-order valence-electron chi connectivity index (χ2n) is 5.75. The van der Waals surface area contributed by atoms with Gasteiger partial charge in [-0.15, -0.1) is 0 Å². The second kappa shape index (κ2) is 6.27. The van der Waals surface area contributed by atoms with Crippen LogP contribution in [-0.2, 0) is 0 Å². The summed E-state index contributed by atoms with van der Waals surface area (Å²) >= 11 is 0. The third-order valence-corrected chi connectivity index (χ3v) is 4.33. The number of nitrogens with one attached hydrogen (secondary N) is 1. The fraction of sp³-hybridized carbons (Fsp3) is 0.389. The second-order valence-corrected chi connectivity index (χ2v) is 5.75. The molecule has 2 aromatic rings. The predicted molar refractivity (Wildman–Crippen MR) is 84.5 cm³/mol. The lowest BCUT2D eigenvalue weighted by Crippen LogP contribution is -2.41. The van der Waals surface area contributed by atoms with E-state index in [2.05, 4.69) is 35.4 Å². The zero-order chi connectivity index (χ0) is 14.7. The molecule has 0 aliphatic heterocycles. The zero-order valence-electron chi connectivity index (χ0n) is 12.6. The third kappa shape index (κ3) is 3.08. The maximum atomic E-state index is 5.46. The molecule has 0 unspecified atom stereocenters. The summed E-state index contributed by atoms with van der Waals surface area (Å²) in [6, 6.07) is 15.3. The average Bonchev–Trinajstić information content (AvgIpc) is 2.51. The van der Waals surface area contributed by atoms with E-state index in [0.717, 1.165) is 24.3 Å². The summed E-state index contributed by atoms with van der Waals surface area (Å²) in [6.07, 6.45) is 4.18. The number of hydrogen-bond donors (Lipinski definition) is 1. The molecule has 0 saturated heterocycles. The Bertz CT molecular complexity index is 579. The fourth-order valence-electron chi connectivity index (χ4n) is 3.08. The highest BCUT2D eigenvalue weighted by Crippen LogP contribution is 2.41. The van der Waals surface area contributed by atoms with Crippen molar-refractivity contribution < 1.29 is 4.74 Å². The topological polar surface area (TPSA) is 34.1 Å². The predicted octanol–water partition coefficient (Wildman–Crippen LogP) is 3.69. The van der Waals surface area contributed by atoms with Crippen LogP contribution in [0.1, 0.15) is 43.0 Å². The van der Waals surface area contributed by atoms with Crippen LogP contribution in [0.5, 0.6) is 5.75 Å². The number of ether oxygens (including phenoxy) is 1. The van der Waals surface area contributed by atoms with E-state index in [0.29, 0.717) is 18.0 Å². The first-order valence-electron chi connectivity index (χ1n) is 7.58. The van der Waals surface area contributed by atoms with E-state index >= 15 is 0 Å². The molecule has 0 bridgehead atoms. The van der Waals surface area contributed by atoms with Crippen LogP contribution in [0.4, 0.5) is 0 Å². The van der Waals surface area contributed by atoms with Crippen LogP contribution in [0, 0.1) is 0 Å². The number of rotatable bonds is 5. The molecule has 0 radical (unpaired) electrons. The Morgan fingerprint density at radius 1 is 1.14 bits per heavy atom. The molecular weight excluding hydrogens is 260 g/mol. The minimum atomic E-state index is 0.301. The Labute approximate surface area is 126 Å². The van der Waals surface area contributed by atoms with E-state index < -0.39 is 0 Å². The van der Waals surface area contributed by atoms with Crippen LogP contribution in [0.25, 0.3) is 0 Å². The molecule has 0 amide bonds. The highest BCUT2D eigenvalue weighted by molar-refractivity contribution is 5.37. The van der Waals surface area contributed by atoms with Crippen molar-refractivity contribution in [3.8, 4) is 5.75 Å². The molecule has 1 saturated carbocycles. The first-order chi connectivity index (χ1) is 10.3. The Hall–Kier alpha value is -1.87. The first kappa shape index (κ1) is 14.1. The summed E-state index contributed by atoms with van der Waals surface area (Å²) in [6.45, 7) is 2.18. The number of methoxy groups -OCH3 is 1. The van der Waals surface area contributed by atoms with Crippen molar-refractivity contribution in [2.24, 2.45) is 0 Å². The van der Waals surface area contributed by atoms with Crippen LogP contribution in [0.2, 0.25) is 0 Å². The molecule has 3 heteroatoms. The zero-order valence-corrected chi connectivity index (χ0v) is 12.6. The molecule has 1 aromatic heterocycles. The number of hydrogen-bond acceptors (Lipinski definition) is 3. The van der Waals surface area contributed by atoms with Gasteiger partial charge in [0.2, 0.25) is 0 Å². The number of pyridine rings is 1. The van der Waals surface area contributed by atoms with Crippen LogP contribution in [0.15, 0.2) is 48.7 Å². The molecule has 110 valence electrons. The maximum absolute atomic E-state index is 5.46. The number of benzene rings is 1. The van der Waals surface area contributed by atoms with Gasteiger partial charge in [0.25, 0.3) is 0 Å². The normalized spacial score (nSPS) is 22.4. The van der Waals surface area contributed by atoms with Crippen molar-refractivity contribution in [2.75, 3.05) is 7.11 Å². The number of aromatic nitrogens is 1. The maximum Gasteiger partial charge on any atom is 0.122 e. The molecule has 1 aliphatic rings. The molecule has 1 fully saturated rings. The van der Waals surface area contributed by atoms with Crippen LogP contribution in [0.3, 0.4) is 0 Å². The summed E-state index contributed by atoms with van der Waals surface area (Å²) in [7, 11) is 1.75. The van der Waals surface area contributed by atoms with E-state index in [1.807, 2.05) is 30.5 Å². The average molecular weight is 282 g/mol. The minimum absolute atomic E-state index is 0.301. The van der Waals surface area contributed by atoms with Crippen LogP contribution < -0.4 is 10.1 Å². The molecule has 1 atom stereocenters. The highest BCUT2D eigenvalue weighted by atomic mass is 16.5. The molecule has 0 spiro atoms. The Morgan fingerprint density at radius 3 is 2.62 bits per heavy atom. The van der Waals surface area contributed by atoms with Gasteiger partial charge < -0.3 is 10.1 Å². The summed E-state index contributed by atoms with van der Waals surface area (Å²) in [5, 5.41) is 3.67. The van der Waals surface area contributed by atoms with Gasteiger partial charge in [-0.05, 0) is 49.4 Å². The molecule has 21 heavy (non-hydrogen) atoms. The van der Waals surface area contributed by atoms with E-state index in [-0.39, 0.29) is 0 Å². The molecule has 1 heterocycles. The Balaban J connectivity index is 1.56. The Morgan fingerprint density at radius 2 is 1.90 bits per heavy atom. The van der Waals surface area contributed by atoms with Gasteiger partial charge in [-0.2, -0.15) is 0 Å². The largest absolute Gasteiger partial charge is 0.496 e. The standard InChI is InChI=1S/C18H22N2O/c1-13(17-8-5-6-10-19-17)20-15-11-14(12-15)16-7-3-4-9-18(16)21-2/h3-10,13-15,20H,11-12H2,1-2H3/t13-,14?,15?/m0/s1. The van der Waals surface area contributed by atoms with Gasteiger partial charge >= 0.3 is 0 Å². The molecular formula is C18H22N2O. The smallest absolute Gasteiger partial charge is 0.122 e. The van der Waals surface area contributed by atoms with Crippen molar-refractivity contribution in [3.63, 3.8) is 0 Å². The lowest BCUT2D eigenvalue weighted by Gasteiger charge is -2.38. The van der Waals surface area contributed by atoms with Gasteiger partial charge in [-0.1, -0.05) is 24.3 Å². The van der Waals surface area contributed by atoms with Crippen molar-refractivity contribution in [3.05, 3.63) is 59.9 Å². The van der Waals surface area contributed by atoms with Gasteiger partial charge in [-0.25, -0.2) is 0 Å². The summed E-state index contributed by atoms with van der Waals surface area (Å²) in [5.41, 5.74) is 2.45. The summed E-state index contributed by atoms with van der Waals surface area (Å²) in [4.78, 5) is 4.41. The highest BCUT2D eigenvalue weighted by Gasteiger charge is 2.32. The van der Waals surface area contributed by atoms with Gasteiger partial charge in [0.1, 0.15) is 5.75 Å². The van der Waals surface area contributed by atoms with E-state index in [1.54, 1.807) is 7.11 Å². The van der Waals surface area contributed by atoms with Crippen molar-refractivity contribution in [1.29, 1.82) is 0 Å². The molecule has 3 nitrogen and oxygen atoms in total. The number of nitrogens with zero attached hydrogens (tertiary/aromatic N) is 1. The van der Waals surface area contributed by atoms with Crippen molar-refractivity contribution in [2.45, 2.75) is 37.8 Å². The van der Waals surface area contributed by atoms with E-state index in [1.165, 1.54) is 5.56 Å². The summed E-state index contributed by atoms with van der Waals surface area (Å²) in [5.74, 6) is 1.62. The van der Waals surface area contributed by atoms with Gasteiger partial charge in [0, 0.05) is 18.3 Å². The van der Waals surface area contributed by atoms with Gasteiger partial charge in [0.15, 0.2) is 0 Å². The van der Waals surface area contributed by atoms with Crippen molar-refractivity contribution >= 4 is 0 Å². The molecule has 3 rings (SSSR count). The summed E-state index contributed by atoms with van der Waals surface area (Å²) < 4.78 is 5.46. The molecule has 1 N–H and O–H groups in total. The van der Waals surface area contributed by atoms with Gasteiger partial charge in [-0.3, -0.25) is 4.98 Å². The monoisotopic (exact) mass is 282 g/mol. The number of para-hydroxylation sites is 1. The fourth-order valence-corrected chi connectivity index (χ4v) is 3.08. The lowest BCUT2D eigenvalue weighted by molar-refractivity contribution is 0.263. The van der Waals surface area contributed by atoms with Crippen molar-refractivity contribution in [1.82, 2.24) is 10.3 Å². The quantitative estimate of drug-likeness (QED) is 0.908. The molecule has 1 aliphatic carbocycles. The minimum Gasteiger partial charge on any atom is -0.496 e. The first-order valence-corrected chi connectivity index (χ1v) is 7.58. The third-order valence-electron chi connectivity index (χ3n) is 4.33. The van der Waals surface area contributed by atoms with Gasteiger partial charge in [0.05, 0.1) is 12.8 Å². The lowest BCUT2D eigenvalue weighted by atomic mass is 9.75. The van der Waals surface area contributed by atoms with E-state index in [9.17, 15) is 0 Å². The van der Waals surface area contributed by atoms with Crippen LogP contribution in [-0.4, -0.2) is 18.1 Å². The van der Waals surface area contributed by atoms with E-state index in [4.69, 9.17) is 4.74 Å².